The predicted molar refractivity (Wildman–Crippen MR) is 221 cm³/mol. The molecular formula is C43H75N3O2S2. The minimum atomic E-state index is -0.445. The number of hydrogen-bond acceptors (Lipinski definition) is 5. The molecule has 0 fully saturated rings. The third-order valence-electron chi connectivity index (χ3n) is 9.94. The maximum atomic E-state index is 14.6. The van der Waals surface area contributed by atoms with Crippen LogP contribution in [0.25, 0.3) is 10.2 Å². The summed E-state index contributed by atoms with van der Waals surface area (Å²) < 4.78 is 2.03. The molecule has 5 nitrogen and oxygen atoms in total. The van der Waals surface area contributed by atoms with Crippen molar-refractivity contribution in [2.24, 2.45) is 0 Å². The summed E-state index contributed by atoms with van der Waals surface area (Å²) in [6, 6.07) is 8.22. The lowest BCUT2D eigenvalue weighted by molar-refractivity contribution is -0.136. The monoisotopic (exact) mass is 730 g/mol. The van der Waals surface area contributed by atoms with Crippen LogP contribution in [0.1, 0.15) is 188 Å². The van der Waals surface area contributed by atoms with Crippen LogP contribution in [-0.4, -0.2) is 58.0 Å². The number of thioether (sulfide) groups is 1. The number of carbonyl (C=O) groups is 2. The lowest BCUT2D eigenvalue weighted by atomic mass is 10.1. The summed E-state index contributed by atoms with van der Waals surface area (Å²) >= 11 is 3.19. The zero-order valence-electron chi connectivity index (χ0n) is 32.9. The van der Waals surface area contributed by atoms with E-state index < -0.39 is 5.25 Å². The van der Waals surface area contributed by atoms with Crippen LogP contribution < -0.4 is 0 Å². The fourth-order valence-corrected chi connectivity index (χ4v) is 9.10. The summed E-state index contributed by atoms with van der Waals surface area (Å²) in [6.45, 7) is 12.2. The van der Waals surface area contributed by atoms with Gasteiger partial charge in [0.1, 0.15) is 0 Å². The summed E-state index contributed by atoms with van der Waals surface area (Å²) in [5.74, 6) is 0.293. The smallest absolute Gasteiger partial charge is 0.236 e. The molecule has 1 unspecified atom stereocenters. The largest absolute Gasteiger partial charge is 0.343 e. The molecular weight excluding hydrogens is 655 g/mol. The van der Waals surface area contributed by atoms with Crippen molar-refractivity contribution in [3.63, 3.8) is 0 Å². The van der Waals surface area contributed by atoms with E-state index in [1.54, 1.807) is 23.1 Å². The maximum absolute atomic E-state index is 14.6. The number of hydrogen-bond donors (Lipinski definition) is 0. The van der Waals surface area contributed by atoms with Crippen LogP contribution in [0.5, 0.6) is 0 Å². The number of thiazole rings is 1. The van der Waals surface area contributed by atoms with Gasteiger partial charge < -0.3 is 9.80 Å². The van der Waals surface area contributed by atoms with E-state index in [9.17, 15) is 9.59 Å². The van der Waals surface area contributed by atoms with E-state index in [1.807, 2.05) is 18.2 Å². The molecule has 0 saturated heterocycles. The van der Waals surface area contributed by atoms with Gasteiger partial charge in [-0.3, -0.25) is 9.59 Å². The minimum absolute atomic E-state index is 0.142. The Morgan fingerprint density at radius 1 is 0.580 bits per heavy atom. The topological polar surface area (TPSA) is 53.5 Å². The second kappa shape index (κ2) is 29.9. The Bertz CT molecular complexity index is 1060. The van der Waals surface area contributed by atoms with E-state index in [2.05, 4.69) is 43.6 Å². The van der Waals surface area contributed by atoms with E-state index in [0.717, 1.165) is 66.4 Å². The molecule has 1 atom stereocenters. The Hall–Kier alpha value is -1.60. The molecule has 0 bridgehead atoms. The van der Waals surface area contributed by atoms with Gasteiger partial charge in [0.05, 0.1) is 15.5 Å². The van der Waals surface area contributed by atoms with Crippen LogP contribution in [0, 0.1) is 0 Å². The van der Waals surface area contributed by atoms with Gasteiger partial charge in [-0.2, -0.15) is 0 Å². The summed E-state index contributed by atoms with van der Waals surface area (Å²) in [5.41, 5.74) is 0.973. The molecule has 0 aliphatic heterocycles. The van der Waals surface area contributed by atoms with Crippen molar-refractivity contribution >= 4 is 45.1 Å². The van der Waals surface area contributed by atoms with Gasteiger partial charge >= 0.3 is 0 Å². The number of nitrogens with zero attached hydrogens (tertiary/aromatic N) is 3. The van der Waals surface area contributed by atoms with E-state index in [4.69, 9.17) is 4.98 Å². The molecule has 7 heteroatoms. The number of unbranched alkanes of at least 4 members (excludes halogenated alkanes) is 20. The second-order valence-electron chi connectivity index (χ2n) is 14.5. The SMILES string of the molecule is CCCCCCCCN(CCCCCCCC)C(=O)CC(Sc1nc2ccccc2s1)C(=O)N(CCCCCCCC)CCCCCCCC. The highest BCUT2D eigenvalue weighted by molar-refractivity contribution is 8.02. The first-order valence-corrected chi connectivity index (χ1v) is 22.8. The molecule has 0 spiro atoms. The number of amides is 2. The highest BCUT2D eigenvalue weighted by Gasteiger charge is 2.30. The second-order valence-corrected chi connectivity index (χ2v) is 17.0. The number of benzene rings is 1. The molecule has 1 heterocycles. The van der Waals surface area contributed by atoms with Crippen LogP contribution in [0.2, 0.25) is 0 Å². The number of rotatable bonds is 33. The van der Waals surface area contributed by atoms with E-state index in [0.29, 0.717) is 0 Å². The zero-order chi connectivity index (χ0) is 36.1. The Morgan fingerprint density at radius 2 is 0.980 bits per heavy atom. The predicted octanol–water partition coefficient (Wildman–Crippen LogP) is 13.2. The van der Waals surface area contributed by atoms with Crippen molar-refractivity contribution < 1.29 is 9.59 Å². The van der Waals surface area contributed by atoms with Gasteiger partial charge in [-0.15, -0.1) is 11.3 Å². The average molecular weight is 730 g/mol. The van der Waals surface area contributed by atoms with Crippen LogP contribution in [-0.2, 0) is 9.59 Å². The molecule has 2 amide bonds. The quantitative estimate of drug-likeness (QED) is 0.0542. The number of carbonyl (C=O) groups excluding carboxylic acids is 2. The molecule has 2 aromatic rings. The highest BCUT2D eigenvalue weighted by atomic mass is 32.2. The minimum Gasteiger partial charge on any atom is -0.343 e. The number of aromatic nitrogens is 1. The van der Waals surface area contributed by atoms with Crippen molar-refractivity contribution in [1.29, 1.82) is 0 Å². The molecule has 50 heavy (non-hydrogen) atoms. The molecule has 2 rings (SSSR count). The number of para-hydroxylation sites is 1. The normalized spacial score (nSPS) is 12.1. The number of fused-ring (bicyclic) bond motifs is 1. The third-order valence-corrected chi connectivity index (χ3v) is 12.3. The Balaban J connectivity index is 2.21. The molecule has 286 valence electrons. The van der Waals surface area contributed by atoms with Gasteiger partial charge in [-0.25, -0.2) is 4.98 Å². The van der Waals surface area contributed by atoms with Gasteiger partial charge in [0.2, 0.25) is 11.8 Å². The fourth-order valence-electron chi connectivity index (χ4n) is 6.72. The average Bonchev–Trinajstić information content (AvgIpc) is 3.54. The molecule has 1 aromatic carbocycles. The van der Waals surface area contributed by atoms with Gasteiger partial charge in [0, 0.05) is 32.6 Å². The van der Waals surface area contributed by atoms with Crippen molar-refractivity contribution in [2.75, 3.05) is 26.2 Å². The first-order chi connectivity index (χ1) is 24.5. The first kappa shape index (κ1) is 44.6. The zero-order valence-corrected chi connectivity index (χ0v) is 34.5. The molecule has 0 aliphatic rings. The van der Waals surface area contributed by atoms with Crippen molar-refractivity contribution in [1.82, 2.24) is 14.8 Å². The first-order valence-electron chi connectivity index (χ1n) is 21.1. The molecule has 0 radical (unpaired) electrons. The fraction of sp³-hybridized carbons (Fsp3) is 0.791. The van der Waals surface area contributed by atoms with E-state index in [1.165, 1.54) is 128 Å². The Morgan fingerprint density at radius 3 is 1.42 bits per heavy atom. The highest BCUT2D eigenvalue weighted by Crippen LogP contribution is 2.34. The standard InChI is InChI=1S/C43H75N3O2S2/c1-5-9-13-17-21-27-33-45(34-28-22-18-14-10-6-2)41(47)37-40(50-43-44-38-31-25-26-32-39(38)49-43)42(48)46(35-29-23-19-15-11-7-3)36-30-24-20-16-12-8-4/h25-26,31-32,40H,5-24,27-30,33-37H2,1-4H3. The van der Waals surface area contributed by atoms with Crippen LogP contribution >= 0.6 is 23.1 Å². The summed E-state index contributed by atoms with van der Waals surface area (Å²) in [7, 11) is 0. The van der Waals surface area contributed by atoms with Crippen LogP contribution in [0.4, 0.5) is 0 Å². The lowest BCUT2D eigenvalue weighted by Gasteiger charge is -2.29. The van der Waals surface area contributed by atoms with Gasteiger partial charge in [-0.1, -0.05) is 180 Å². The summed E-state index contributed by atoms with van der Waals surface area (Å²) in [6.07, 6.45) is 29.4. The van der Waals surface area contributed by atoms with Crippen LogP contribution in [0.3, 0.4) is 0 Å². The Kier molecular flexibility index (Phi) is 26.7. The molecule has 0 aliphatic carbocycles. The maximum Gasteiger partial charge on any atom is 0.236 e. The van der Waals surface area contributed by atoms with Crippen molar-refractivity contribution in [3.8, 4) is 0 Å². The third kappa shape index (κ3) is 19.9. The van der Waals surface area contributed by atoms with Gasteiger partial charge in [0.15, 0.2) is 4.34 Å². The van der Waals surface area contributed by atoms with E-state index in [-0.39, 0.29) is 18.2 Å². The molecule has 0 saturated carbocycles. The van der Waals surface area contributed by atoms with Gasteiger partial charge in [0.25, 0.3) is 0 Å². The lowest BCUT2D eigenvalue weighted by Crippen LogP contribution is -2.42. The molecule has 1 aromatic heterocycles. The van der Waals surface area contributed by atoms with Crippen molar-refractivity contribution in [3.05, 3.63) is 24.3 Å². The Labute approximate surface area is 316 Å². The van der Waals surface area contributed by atoms with Crippen molar-refractivity contribution in [2.45, 2.75) is 198 Å². The summed E-state index contributed by atoms with van der Waals surface area (Å²) in [4.78, 5) is 38.0. The van der Waals surface area contributed by atoms with E-state index >= 15 is 0 Å². The van der Waals surface area contributed by atoms with Gasteiger partial charge in [-0.05, 0) is 37.8 Å². The van der Waals surface area contributed by atoms with Crippen LogP contribution in [0.15, 0.2) is 28.6 Å². The molecule has 0 N–H and O–H groups in total. The summed E-state index contributed by atoms with van der Waals surface area (Å²) in [5, 5.41) is -0.445.